The third kappa shape index (κ3) is 1.97. The van der Waals surface area contributed by atoms with Gasteiger partial charge in [-0.05, 0) is 0 Å². The lowest BCUT2D eigenvalue weighted by Gasteiger charge is -1.96. The minimum atomic E-state index is -3.04. The van der Waals surface area contributed by atoms with Gasteiger partial charge in [-0.2, -0.15) is 0 Å². The highest BCUT2D eigenvalue weighted by atomic mass is 32.2. The number of nitrogens with zero attached hydrogens (tertiary/aromatic N) is 1. The molecule has 0 unspecified atom stereocenters. The lowest BCUT2D eigenvalue weighted by Crippen LogP contribution is -2.07. The van der Waals surface area contributed by atoms with E-state index in [1.807, 2.05) is 0 Å². The summed E-state index contributed by atoms with van der Waals surface area (Å²) in [6, 6.07) is 0. The Morgan fingerprint density at radius 3 is 2.75 bits per heavy atom. The first kappa shape index (κ1) is 9.05. The standard InChI is InChI=1S/C6H10N2O3S/c1-2-12(9,10)4-5-3-8-11-6(5)7/h3H,2,4,7H2,1H3. The van der Waals surface area contributed by atoms with Crippen LogP contribution in [-0.2, 0) is 15.6 Å². The Kier molecular flexibility index (Phi) is 2.37. The van der Waals surface area contributed by atoms with Crippen LogP contribution >= 0.6 is 0 Å². The minimum absolute atomic E-state index is 0.0759. The molecular weight excluding hydrogens is 180 g/mol. The van der Waals surface area contributed by atoms with Crippen molar-refractivity contribution in [2.45, 2.75) is 12.7 Å². The predicted molar refractivity (Wildman–Crippen MR) is 44.1 cm³/mol. The molecule has 1 rings (SSSR count). The molecule has 0 bridgehead atoms. The Morgan fingerprint density at radius 2 is 2.33 bits per heavy atom. The van der Waals surface area contributed by atoms with Crippen LogP contribution in [0.25, 0.3) is 0 Å². The van der Waals surface area contributed by atoms with Gasteiger partial charge in [-0.25, -0.2) is 8.42 Å². The third-order valence-corrected chi connectivity index (χ3v) is 3.12. The Hall–Kier alpha value is -1.04. The Balaban J connectivity index is 2.84. The van der Waals surface area contributed by atoms with Crippen molar-refractivity contribution in [2.75, 3.05) is 11.5 Å². The van der Waals surface area contributed by atoms with Gasteiger partial charge in [0, 0.05) is 5.75 Å². The quantitative estimate of drug-likeness (QED) is 0.735. The SMILES string of the molecule is CCS(=O)(=O)Cc1cnoc1N. The number of nitrogen functional groups attached to an aromatic ring is 1. The molecule has 0 atom stereocenters. The molecule has 1 heterocycles. The summed E-state index contributed by atoms with van der Waals surface area (Å²) in [5, 5.41) is 3.38. The molecule has 0 aliphatic rings. The molecule has 12 heavy (non-hydrogen) atoms. The van der Waals surface area contributed by atoms with Crippen molar-refractivity contribution in [3.05, 3.63) is 11.8 Å². The fourth-order valence-corrected chi connectivity index (χ4v) is 1.61. The molecule has 1 aromatic rings. The molecule has 0 radical (unpaired) electrons. The van der Waals surface area contributed by atoms with Gasteiger partial charge >= 0.3 is 0 Å². The van der Waals surface area contributed by atoms with E-state index in [1.54, 1.807) is 6.92 Å². The number of rotatable bonds is 3. The largest absolute Gasteiger partial charge is 0.367 e. The maximum atomic E-state index is 11.1. The zero-order valence-electron chi connectivity index (χ0n) is 6.65. The predicted octanol–water partition coefficient (Wildman–Crippen LogP) is 0.192. The van der Waals surface area contributed by atoms with Gasteiger partial charge < -0.3 is 10.3 Å². The average Bonchev–Trinajstić information content (AvgIpc) is 2.36. The molecule has 68 valence electrons. The summed E-state index contributed by atoms with van der Waals surface area (Å²) >= 11 is 0. The fraction of sp³-hybridized carbons (Fsp3) is 0.500. The second kappa shape index (κ2) is 3.14. The summed E-state index contributed by atoms with van der Waals surface area (Å²) in [4.78, 5) is 0. The third-order valence-electron chi connectivity index (χ3n) is 1.49. The summed E-state index contributed by atoms with van der Waals surface area (Å²) in [6.45, 7) is 1.58. The number of aromatic nitrogens is 1. The summed E-state index contributed by atoms with van der Waals surface area (Å²) in [5.41, 5.74) is 5.74. The molecule has 0 amide bonds. The number of nitrogens with two attached hydrogens (primary N) is 1. The van der Waals surface area contributed by atoms with E-state index in [-0.39, 0.29) is 17.4 Å². The van der Waals surface area contributed by atoms with Crippen molar-refractivity contribution >= 4 is 15.7 Å². The highest BCUT2D eigenvalue weighted by molar-refractivity contribution is 7.90. The minimum Gasteiger partial charge on any atom is -0.367 e. The van der Waals surface area contributed by atoms with Crippen LogP contribution in [0.15, 0.2) is 10.7 Å². The van der Waals surface area contributed by atoms with Crippen molar-refractivity contribution < 1.29 is 12.9 Å². The van der Waals surface area contributed by atoms with E-state index >= 15 is 0 Å². The molecule has 0 aromatic carbocycles. The number of anilines is 1. The first-order valence-corrected chi connectivity index (χ1v) is 5.26. The molecule has 0 aliphatic carbocycles. The van der Waals surface area contributed by atoms with Gasteiger partial charge in [0.2, 0.25) is 5.88 Å². The van der Waals surface area contributed by atoms with Crippen LogP contribution in [0.5, 0.6) is 0 Å². The van der Waals surface area contributed by atoms with E-state index in [0.717, 1.165) is 0 Å². The first-order chi connectivity index (χ1) is 5.55. The average molecular weight is 190 g/mol. The van der Waals surface area contributed by atoms with E-state index in [9.17, 15) is 8.42 Å². The van der Waals surface area contributed by atoms with Crippen LogP contribution in [0.3, 0.4) is 0 Å². The molecular formula is C6H10N2O3S. The van der Waals surface area contributed by atoms with Gasteiger partial charge in [0.1, 0.15) is 0 Å². The van der Waals surface area contributed by atoms with Crippen molar-refractivity contribution in [3.63, 3.8) is 0 Å². The smallest absolute Gasteiger partial charge is 0.226 e. The van der Waals surface area contributed by atoms with Gasteiger partial charge in [-0.15, -0.1) is 0 Å². The van der Waals surface area contributed by atoms with E-state index in [2.05, 4.69) is 9.68 Å². The summed E-state index contributed by atoms with van der Waals surface area (Å²) in [6.07, 6.45) is 1.32. The molecule has 0 spiro atoms. The summed E-state index contributed by atoms with van der Waals surface area (Å²) in [7, 11) is -3.04. The summed E-state index contributed by atoms with van der Waals surface area (Å²) < 4.78 is 26.7. The normalized spacial score (nSPS) is 11.8. The molecule has 5 nitrogen and oxygen atoms in total. The van der Waals surface area contributed by atoms with Crippen LogP contribution in [0, 0.1) is 0 Å². The van der Waals surface area contributed by atoms with Gasteiger partial charge in [-0.3, -0.25) is 0 Å². The van der Waals surface area contributed by atoms with Crippen molar-refractivity contribution in [2.24, 2.45) is 0 Å². The first-order valence-electron chi connectivity index (χ1n) is 3.44. The Bertz CT molecular complexity index is 355. The lowest BCUT2D eigenvalue weighted by molar-refractivity contribution is 0.436. The number of hydrogen-bond acceptors (Lipinski definition) is 5. The maximum Gasteiger partial charge on any atom is 0.226 e. The topological polar surface area (TPSA) is 86.2 Å². The lowest BCUT2D eigenvalue weighted by atomic mass is 10.4. The molecule has 1 aromatic heterocycles. The van der Waals surface area contributed by atoms with Gasteiger partial charge in [-0.1, -0.05) is 12.1 Å². The molecule has 0 fully saturated rings. The zero-order valence-corrected chi connectivity index (χ0v) is 7.47. The fourth-order valence-electron chi connectivity index (χ4n) is 0.716. The van der Waals surface area contributed by atoms with Crippen LogP contribution < -0.4 is 5.73 Å². The Morgan fingerprint density at radius 1 is 1.67 bits per heavy atom. The number of sulfone groups is 1. The second-order valence-electron chi connectivity index (χ2n) is 2.39. The van der Waals surface area contributed by atoms with Crippen molar-refractivity contribution in [1.82, 2.24) is 5.16 Å². The monoisotopic (exact) mass is 190 g/mol. The highest BCUT2D eigenvalue weighted by Gasteiger charge is 2.13. The second-order valence-corrected chi connectivity index (χ2v) is 4.75. The van der Waals surface area contributed by atoms with Crippen LogP contribution in [0.4, 0.5) is 5.88 Å². The van der Waals surface area contributed by atoms with E-state index in [1.165, 1.54) is 6.20 Å². The van der Waals surface area contributed by atoms with E-state index in [0.29, 0.717) is 5.56 Å². The molecule has 0 saturated carbocycles. The van der Waals surface area contributed by atoms with Crippen molar-refractivity contribution in [1.29, 1.82) is 0 Å². The number of hydrogen-bond donors (Lipinski definition) is 1. The zero-order chi connectivity index (χ0) is 9.19. The molecule has 2 N–H and O–H groups in total. The summed E-state index contributed by atoms with van der Waals surface area (Å²) in [5.74, 6) is 0.0724. The van der Waals surface area contributed by atoms with Crippen LogP contribution in [0.1, 0.15) is 12.5 Å². The van der Waals surface area contributed by atoms with Crippen LogP contribution in [0.2, 0.25) is 0 Å². The molecule has 6 heteroatoms. The molecule has 0 saturated heterocycles. The van der Waals surface area contributed by atoms with Gasteiger partial charge in [0.25, 0.3) is 0 Å². The van der Waals surface area contributed by atoms with Crippen LogP contribution in [-0.4, -0.2) is 19.3 Å². The van der Waals surface area contributed by atoms with E-state index < -0.39 is 9.84 Å². The van der Waals surface area contributed by atoms with Gasteiger partial charge in [0.15, 0.2) is 9.84 Å². The van der Waals surface area contributed by atoms with Gasteiger partial charge in [0.05, 0.1) is 17.5 Å². The van der Waals surface area contributed by atoms with E-state index in [4.69, 9.17) is 5.73 Å². The molecule has 0 aliphatic heterocycles. The highest BCUT2D eigenvalue weighted by Crippen LogP contribution is 2.13. The van der Waals surface area contributed by atoms with Crippen molar-refractivity contribution in [3.8, 4) is 0 Å². The Labute approximate surface area is 70.5 Å². The maximum absolute atomic E-state index is 11.1.